The number of aliphatic imine (C=N–C) groups is 1. The minimum absolute atomic E-state index is 0.256. The van der Waals surface area contributed by atoms with Gasteiger partial charge in [-0.25, -0.2) is 4.79 Å². The molecule has 1 aromatic carbocycles. The molecule has 0 aliphatic carbocycles. The number of nitrogens with one attached hydrogen (secondary N) is 1. The maximum absolute atomic E-state index is 12.7. The van der Waals surface area contributed by atoms with Crippen molar-refractivity contribution >= 4 is 35.6 Å². The highest BCUT2D eigenvalue weighted by molar-refractivity contribution is 7.62. The zero-order valence-corrected chi connectivity index (χ0v) is 12.1. The number of hydrogen-bond donors (Lipinski definition) is 1. The number of fused-ring (bicyclic) bond motifs is 1. The second-order valence-electron chi connectivity index (χ2n) is 3.94. The first kappa shape index (κ1) is 14.7. The Bertz CT molecular complexity index is 693. The number of H-pyrrole nitrogens is 1. The molecule has 7 heteroatoms. The predicted octanol–water partition coefficient (Wildman–Crippen LogP) is 3.03. The molecule has 0 amide bonds. The molecule has 0 fully saturated rings. The number of rotatable bonds is 6. The molecule has 0 unspecified atom stereocenters. The molecule has 6 nitrogen and oxygen atoms in total. The van der Waals surface area contributed by atoms with Gasteiger partial charge in [0.15, 0.2) is 0 Å². The average molecular weight is 294 g/mol. The van der Waals surface area contributed by atoms with E-state index in [1.165, 1.54) is 12.1 Å². The Morgan fingerprint density at radius 2 is 2.00 bits per heavy atom. The summed E-state index contributed by atoms with van der Waals surface area (Å²) in [6.07, 6.45) is 3.21. The molecule has 0 aliphatic heterocycles. The van der Waals surface area contributed by atoms with E-state index < -0.39 is 7.60 Å². The zero-order chi connectivity index (χ0) is 14.6. The van der Waals surface area contributed by atoms with Crippen LogP contribution in [0.3, 0.4) is 0 Å². The Balaban J connectivity index is 2.63. The first-order valence-corrected chi connectivity index (χ1v) is 7.77. The molecule has 0 aliphatic rings. The SMILES string of the molecule is CCOP(=O)(OCC)c1cc(N=C=O)c2cc[nH]c2c1. The number of benzene rings is 1. The summed E-state index contributed by atoms with van der Waals surface area (Å²) < 4.78 is 23.3. The van der Waals surface area contributed by atoms with Crippen LogP contribution in [0, 0.1) is 0 Å². The highest BCUT2D eigenvalue weighted by Gasteiger charge is 2.28. The molecule has 1 heterocycles. The van der Waals surface area contributed by atoms with Crippen LogP contribution < -0.4 is 5.30 Å². The maximum Gasteiger partial charge on any atom is 0.361 e. The third-order valence-corrected chi connectivity index (χ3v) is 4.80. The van der Waals surface area contributed by atoms with Gasteiger partial charge in [-0.3, -0.25) is 4.57 Å². The lowest BCUT2D eigenvalue weighted by molar-refractivity contribution is 0.230. The van der Waals surface area contributed by atoms with Gasteiger partial charge in [-0.15, -0.1) is 0 Å². The number of isocyanates is 1. The smallest absolute Gasteiger partial charge is 0.361 e. The first-order chi connectivity index (χ1) is 9.64. The standard InChI is InChI=1S/C13H15N2O4P/c1-3-18-20(17,19-4-2)10-7-12-11(5-6-14-12)13(8-10)15-9-16/h5-8,14H,3-4H2,1-2H3. The third-order valence-electron chi connectivity index (χ3n) is 2.71. The average Bonchev–Trinajstić information content (AvgIpc) is 2.88. The van der Waals surface area contributed by atoms with Crippen LogP contribution >= 0.6 is 7.60 Å². The van der Waals surface area contributed by atoms with Crippen molar-refractivity contribution in [2.24, 2.45) is 4.99 Å². The molecular weight excluding hydrogens is 279 g/mol. The molecule has 0 saturated heterocycles. The molecule has 2 rings (SSSR count). The van der Waals surface area contributed by atoms with Crippen LogP contribution in [0.4, 0.5) is 5.69 Å². The van der Waals surface area contributed by atoms with E-state index in [0.29, 0.717) is 16.5 Å². The van der Waals surface area contributed by atoms with Crippen LogP contribution in [0.25, 0.3) is 10.9 Å². The lowest BCUT2D eigenvalue weighted by Crippen LogP contribution is -2.10. The van der Waals surface area contributed by atoms with E-state index in [1.54, 1.807) is 32.2 Å². The highest BCUT2D eigenvalue weighted by Crippen LogP contribution is 2.48. The molecule has 20 heavy (non-hydrogen) atoms. The van der Waals surface area contributed by atoms with Crippen LogP contribution in [0.2, 0.25) is 0 Å². The van der Waals surface area contributed by atoms with E-state index >= 15 is 0 Å². The molecule has 0 spiro atoms. The Kier molecular flexibility index (Phi) is 4.53. The fourth-order valence-electron chi connectivity index (χ4n) is 1.96. The van der Waals surface area contributed by atoms with Crippen molar-refractivity contribution in [3.05, 3.63) is 24.4 Å². The van der Waals surface area contributed by atoms with Gasteiger partial charge in [0.25, 0.3) is 0 Å². The lowest BCUT2D eigenvalue weighted by atomic mass is 10.2. The second kappa shape index (κ2) is 6.16. The minimum atomic E-state index is -3.41. The van der Waals surface area contributed by atoms with Gasteiger partial charge >= 0.3 is 7.60 Å². The number of carbonyl (C=O) groups excluding carboxylic acids is 1. The molecule has 0 radical (unpaired) electrons. The van der Waals surface area contributed by atoms with Crippen LogP contribution in [0.1, 0.15) is 13.8 Å². The van der Waals surface area contributed by atoms with Gasteiger partial charge < -0.3 is 14.0 Å². The molecule has 0 saturated carbocycles. The summed E-state index contributed by atoms with van der Waals surface area (Å²) >= 11 is 0. The first-order valence-electron chi connectivity index (χ1n) is 6.23. The summed E-state index contributed by atoms with van der Waals surface area (Å²) in [6, 6.07) is 5.00. The van der Waals surface area contributed by atoms with E-state index in [9.17, 15) is 9.36 Å². The quantitative estimate of drug-likeness (QED) is 0.504. The molecule has 0 bridgehead atoms. The maximum atomic E-state index is 12.7. The van der Waals surface area contributed by atoms with E-state index in [2.05, 4.69) is 9.98 Å². The van der Waals surface area contributed by atoms with Gasteiger partial charge in [-0.2, -0.15) is 4.99 Å². The van der Waals surface area contributed by atoms with Crippen LogP contribution in [-0.2, 0) is 18.4 Å². The van der Waals surface area contributed by atoms with Crippen molar-refractivity contribution < 1.29 is 18.4 Å². The van der Waals surface area contributed by atoms with Gasteiger partial charge in [0.1, 0.15) is 0 Å². The molecule has 1 N–H and O–H groups in total. The summed E-state index contributed by atoms with van der Waals surface area (Å²) in [4.78, 5) is 17.2. The molecule has 2 aromatic rings. The fourth-order valence-corrected chi connectivity index (χ4v) is 3.58. The highest BCUT2D eigenvalue weighted by atomic mass is 31.2. The van der Waals surface area contributed by atoms with Crippen molar-refractivity contribution in [2.75, 3.05) is 13.2 Å². The van der Waals surface area contributed by atoms with Gasteiger partial charge in [-0.05, 0) is 32.0 Å². The molecule has 106 valence electrons. The monoisotopic (exact) mass is 294 g/mol. The Morgan fingerprint density at radius 1 is 1.30 bits per heavy atom. The lowest BCUT2D eigenvalue weighted by Gasteiger charge is -2.17. The van der Waals surface area contributed by atoms with Gasteiger partial charge in [-0.1, -0.05) is 0 Å². The van der Waals surface area contributed by atoms with E-state index in [4.69, 9.17) is 9.05 Å². The number of aromatic amines is 1. The molecule has 0 atom stereocenters. The Labute approximate surface area is 116 Å². The summed E-state index contributed by atoms with van der Waals surface area (Å²) in [5, 5.41) is 1.11. The largest absolute Gasteiger partial charge is 0.361 e. The summed E-state index contributed by atoms with van der Waals surface area (Å²) in [6.45, 7) is 3.99. The molecule has 1 aromatic heterocycles. The summed E-state index contributed by atoms with van der Waals surface area (Å²) in [5.74, 6) is 0. The van der Waals surface area contributed by atoms with Crippen LogP contribution in [0.5, 0.6) is 0 Å². The van der Waals surface area contributed by atoms with Crippen molar-refractivity contribution in [1.29, 1.82) is 0 Å². The van der Waals surface area contributed by atoms with Crippen molar-refractivity contribution in [1.82, 2.24) is 4.98 Å². The topological polar surface area (TPSA) is 80.8 Å². The van der Waals surface area contributed by atoms with Gasteiger partial charge in [0, 0.05) is 17.1 Å². The second-order valence-corrected chi connectivity index (χ2v) is 5.97. The molecular formula is C13H15N2O4P. The number of aromatic nitrogens is 1. The van der Waals surface area contributed by atoms with E-state index in [-0.39, 0.29) is 13.2 Å². The van der Waals surface area contributed by atoms with Crippen molar-refractivity contribution in [2.45, 2.75) is 13.8 Å². The number of nitrogens with zero attached hydrogens (tertiary/aromatic N) is 1. The predicted molar refractivity (Wildman–Crippen MR) is 76.6 cm³/mol. The summed E-state index contributed by atoms with van der Waals surface area (Å²) in [5.41, 5.74) is 1.09. The third kappa shape index (κ3) is 2.74. The number of hydrogen-bond acceptors (Lipinski definition) is 5. The van der Waals surface area contributed by atoms with Crippen molar-refractivity contribution in [3.8, 4) is 0 Å². The van der Waals surface area contributed by atoms with E-state index in [1.807, 2.05) is 0 Å². The Hall–Kier alpha value is -1.71. The van der Waals surface area contributed by atoms with Crippen molar-refractivity contribution in [3.63, 3.8) is 0 Å². The Morgan fingerprint density at radius 3 is 2.60 bits per heavy atom. The fraction of sp³-hybridized carbons (Fsp3) is 0.308. The van der Waals surface area contributed by atoms with Crippen LogP contribution in [0.15, 0.2) is 29.4 Å². The van der Waals surface area contributed by atoms with E-state index in [0.717, 1.165) is 5.39 Å². The minimum Gasteiger partial charge on any atom is -0.361 e. The normalized spacial score (nSPS) is 11.5. The summed E-state index contributed by atoms with van der Waals surface area (Å²) in [7, 11) is -3.41. The van der Waals surface area contributed by atoms with Crippen LogP contribution in [-0.4, -0.2) is 24.3 Å². The van der Waals surface area contributed by atoms with Gasteiger partial charge in [0.2, 0.25) is 6.08 Å². The van der Waals surface area contributed by atoms with Gasteiger partial charge in [0.05, 0.1) is 24.2 Å². The zero-order valence-electron chi connectivity index (χ0n) is 11.3.